The van der Waals surface area contributed by atoms with Gasteiger partial charge in [-0.3, -0.25) is 0 Å². The van der Waals surface area contributed by atoms with Gasteiger partial charge in [-0.2, -0.15) is 0 Å². The Kier molecular flexibility index (Phi) is 3.11. The van der Waals surface area contributed by atoms with E-state index >= 15 is 0 Å². The molecule has 5 heteroatoms. The SMILES string of the molecule is NCC1CCN(c2ncc(F)cn2)CC1. The van der Waals surface area contributed by atoms with Crippen LogP contribution in [-0.2, 0) is 0 Å². The molecule has 15 heavy (non-hydrogen) atoms. The summed E-state index contributed by atoms with van der Waals surface area (Å²) in [6.07, 6.45) is 4.54. The van der Waals surface area contributed by atoms with E-state index in [9.17, 15) is 4.39 Å². The van der Waals surface area contributed by atoms with E-state index in [4.69, 9.17) is 5.73 Å². The average molecular weight is 210 g/mol. The number of nitrogens with zero attached hydrogens (tertiary/aromatic N) is 3. The molecule has 0 spiro atoms. The Labute approximate surface area is 88.3 Å². The summed E-state index contributed by atoms with van der Waals surface area (Å²) in [4.78, 5) is 10.00. The maximum Gasteiger partial charge on any atom is 0.225 e. The molecule has 1 fully saturated rings. The molecule has 0 aliphatic carbocycles. The minimum absolute atomic E-state index is 0.393. The van der Waals surface area contributed by atoms with Gasteiger partial charge in [0.05, 0.1) is 12.4 Å². The van der Waals surface area contributed by atoms with Gasteiger partial charge in [0.15, 0.2) is 5.82 Å². The summed E-state index contributed by atoms with van der Waals surface area (Å²) in [6.45, 7) is 2.57. The molecule has 0 saturated carbocycles. The fourth-order valence-corrected chi connectivity index (χ4v) is 1.84. The summed E-state index contributed by atoms with van der Waals surface area (Å²) in [5.41, 5.74) is 5.61. The second-order valence-electron chi connectivity index (χ2n) is 3.87. The average Bonchev–Trinajstić information content (AvgIpc) is 2.30. The molecule has 2 N–H and O–H groups in total. The lowest BCUT2D eigenvalue weighted by atomic mass is 9.97. The second kappa shape index (κ2) is 4.53. The summed E-state index contributed by atoms with van der Waals surface area (Å²) in [6, 6.07) is 0. The van der Waals surface area contributed by atoms with Crippen molar-refractivity contribution in [1.29, 1.82) is 0 Å². The van der Waals surface area contributed by atoms with E-state index in [-0.39, 0.29) is 0 Å². The smallest absolute Gasteiger partial charge is 0.225 e. The molecule has 2 heterocycles. The molecule has 0 atom stereocenters. The van der Waals surface area contributed by atoms with Crippen LogP contribution in [0.5, 0.6) is 0 Å². The van der Waals surface area contributed by atoms with E-state index in [1.165, 1.54) is 12.4 Å². The molecular formula is C10H15FN4. The molecule has 1 aliphatic rings. The van der Waals surface area contributed by atoms with E-state index < -0.39 is 5.82 Å². The molecule has 1 aliphatic heterocycles. The zero-order valence-electron chi connectivity index (χ0n) is 8.56. The third-order valence-corrected chi connectivity index (χ3v) is 2.84. The predicted molar refractivity (Wildman–Crippen MR) is 56.0 cm³/mol. The summed E-state index contributed by atoms with van der Waals surface area (Å²) in [5, 5.41) is 0. The van der Waals surface area contributed by atoms with E-state index in [0.717, 1.165) is 32.5 Å². The lowest BCUT2D eigenvalue weighted by Gasteiger charge is -2.31. The van der Waals surface area contributed by atoms with Gasteiger partial charge < -0.3 is 10.6 Å². The number of anilines is 1. The van der Waals surface area contributed by atoms with Crippen molar-refractivity contribution >= 4 is 5.95 Å². The topological polar surface area (TPSA) is 55.0 Å². The fraction of sp³-hybridized carbons (Fsp3) is 0.600. The zero-order chi connectivity index (χ0) is 10.7. The predicted octanol–water partition coefficient (Wildman–Crippen LogP) is 0.791. The number of hydrogen-bond donors (Lipinski definition) is 1. The van der Waals surface area contributed by atoms with Gasteiger partial charge in [-0.1, -0.05) is 0 Å². The number of halogens is 1. The molecule has 4 nitrogen and oxygen atoms in total. The Hall–Kier alpha value is -1.23. The summed E-state index contributed by atoms with van der Waals surface area (Å²) < 4.78 is 12.6. The van der Waals surface area contributed by atoms with Crippen LogP contribution < -0.4 is 10.6 Å². The lowest BCUT2D eigenvalue weighted by Crippen LogP contribution is -2.37. The lowest BCUT2D eigenvalue weighted by molar-refractivity contribution is 0.411. The van der Waals surface area contributed by atoms with E-state index in [1.807, 2.05) is 0 Å². The van der Waals surface area contributed by atoms with Crippen LogP contribution >= 0.6 is 0 Å². The Morgan fingerprint density at radius 1 is 1.33 bits per heavy atom. The molecule has 0 bridgehead atoms. The number of nitrogens with two attached hydrogens (primary N) is 1. The van der Waals surface area contributed by atoms with Crippen molar-refractivity contribution in [3.8, 4) is 0 Å². The Morgan fingerprint density at radius 2 is 1.93 bits per heavy atom. The van der Waals surface area contributed by atoms with Gasteiger partial charge in [-0.15, -0.1) is 0 Å². The standard InChI is InChI=1S/C10H15FN4/c11-9-6-13-10(14-7-9)15-3-1-8(5-12)2-4-15/h6-8H,1-5,12H2. The molecule has 1 aromatic rings. The molecule has 2 rings (SSSR count). The highest BCUT2D eigenvalue weighted by Crippen LogP contribution is 2.19. The monoisotopic (exact) mass is 210 g/mol. The van der Waals surface area contributed by atoms with Gasteiger partial charge in [-0.05, 0) is 25.3 Å². The van der Waals surface area contributed by atoms with Crippen LogP contribution in [0.3, 0.4) is 0 Å². The third kappa shape index (κ3) is 2.41. The van der Waals surface area contributed by atoms with Crippen molar-refractivity contribution in [3.63, 3.8) is 0 Å². The van der Waals surface area contributed by atoms with Crippen molar-refractivity contribution in [2.24, 2.45) is 11.7 Å². The Balaban J connectivity index is 1.98. The van der Waals surface area contributed by atoms with E-state index in [2.05, 4.69) is 14.9 Å². The third-order valence-electron chi connectivity index (χ3n) is 2.84. The minimum Gasteiger partial charge on any atom is -0.341 e. The van der Waals surface area contributed by atoms with Crippen molar-refractivity contribution in [2.75, 3.05) is 24.5 Å². The van der Waals surface area contributed by atoms with Gasteiger partial charge in [-0.25, -0.2) is 14.4 Å². The van der Waals surface area contributed by atoms with Crippen LogP contribution in [0, 0.1) is 11.7 Å². The van der Waals surface area contributed by atoms with Crippen LogP contribution in [0.1, 0.15) is 12.8 Å². The van der Waals surface area contributed by atoms with Gasteiger partial charge in [0.2, 0.25) is 5.95 Å². The minimum atomic E-state index is -0.393. The number of aromatic nitrogens is 2. The second-order valence-corrected chi connectivity index (χ2v) is 3.87. The highest BCUT2D eigenvalue weighted by atomic mass is 19.1. The maximum atomic E-state index is 12.6. The largest absolute Gasteiger partial charge is 0.341 e. The number of piperidine rings is 1. The molecule has 0 unspecified atom stereocenters. The normalized spacial score (nSPS) is 18.1. The maximum absolute atomic E-state index is 12.6. The van der Waals surface area contributed by atoms with Crippen LogP contribution in [-0.4, -0.2) is 29.6 Å². The first kappa shape index (κ1) is 10.3. The number of hydrogen-bond acceptors (Lipinski definition) is 4. The van der Waals surface area contributed by atoms with E-state index in [0.29, 0.717) is 11.9 Å². The van der Waals surface area contributed by atoms with Crippen molar-refractivity contribution in [2.45, 2.75) is 12.8 Å². The van der Waals surface area contributed by atoms with Crippen LogP contribution in [0.25, 0.3) is 0 Å². The van der Waals surface area contributed by atoms with Crippen LogP contribution in [0.15, 0.2) is 12.4 Å². The molecule has 1 saturated heterocycles. The molecule has 82 valence electrons. The molecular weight excluding hydrogens is 195 g/mol. The first-order valence-electron chi connectivity index (χ1n) is 5.22. The molecule has 0 radical (unpaired) electrons. The van der Waals surface area contributed by atoms with Gasteiger partial charge >= 0.3 is 0 Å². The van der Waals surface area contributed by atoms with Crippen LogP contribution in [0.4, 0.5) is 10.3 Å². The Bertz CT molecular complexity index is 306. The highest BCUT2D eigenvalue weighted by molar-refractivity contribution is 5.29. The van der Waals surface area contributed by atoms with Gasteiger partial charge in [0.1, 0.15) is 0 Å². The van der Waals surface area contributed by atoms with Gasteiger partial charge in [0, 0.05) is 13.1 Å². The van der Waals surface area contributed by atoms with Crippen molar-refractivity contribution in [1.82, 2.24) is 9.97 Å². The first-order valence-corrected chi connectivity index (χ1v) is 5.22. The first-order chi connectivity index (χ1) is 7.29. The zero-order valence-corrected chi connectivity index (χ0v) is 8.56. The summed E-state index contributed by atoms with van der Waals surface area (Å²) in [5.74, 6) is 0.837. The molecule has 1 aromatic heterocycles. The molecule has 0 amide bonds. The quantitative estimate of drug-likeness (QED) is 0.784. The van der Waals surface area contributed by atoms with Crippen LogP contribution in [0.2, 0.25) is 0 Å². The van der Waals surface area contributed by atoms with E-state index in [1.54, 1.807) is 0 Å². The Morgan fingerprint density at radius 3 is 2.47 bits per heavy atom. The fourth-order valence-electron chi connectivity index (χ4n) is 1.84. The van der Waals surface area contributed by atoms with Gasteiger partial charge in [0.25, 0.3) is 0 Å². The van der Waals surface area contributed by atoms with Crippen molar-refractivity contribution < 1.29 is 4.39 Å². The van der Waals surface area contributed by atoms with Crippen molar-refractivity contribution in [3.05, 3.63) is 18.2 Å². The highest BCUT2D eigenvalue weighted by Gasteiger charge is 2.19. The molecule has 0 aromatic carbocycles. The summed E-state index contributed by atoms with van der Waals surface area (Å²) >= 11 is 0. The number of rotatable bonds is 2. The summed E-state index contributed by atoms with van der Waals surface area (Å²) in [7, 11) is 0.